The Morgan fingerprint density at radius 2 is 1.90 bits per heavy atom. The van der Waals surface area contributed by atoms with E-state index < -0.39 is 11.7 Å². The van der Waals surface area contributed by atoms with E-state index in [2.05, 4.69) is 18.7 Å². The van der Waals surface area contributed by atoms with Crippen LogP contribution in [0.1, 0.15) is 29.8 Å². The Morgan fingerprint density at radius 3 is 2.40 bits per heavy atom. The van der Waals surface area contributed by atoms with Crippen molar-refractivity contribution in [2.24, 2.45) is 0 Å². The van der Waals surface area contributed by atoms with E-state index in [-0.39, 0.29) is 11.8 Å². The molecule has 0 saturated heterocycles. The first kappa shape index (κ1) is 17.0. The Bertz CT molecular complexity index is 445. The van der Waals surface area contributed by atoms with Crippen molar-refractivity contribution in [3.05, 3.63) is 29.3 Å². The molecule has 0 radical (unpaired) electrons. The molecule has 0 atom stereocenters. The van der Waals surface area contributed by atoms with Crippen LogP contribution >= 0.6 is 11.8 Å². The Labute approximate surface area is 121 Å². The Morgan fingerprint density at radius 1 is 1.25 bits per heavy atom. The molecule has 1 rings (SSSR count). The Balaban J connectivity index is 2.75. The highest BCUT2D eigenvalue weighted by Crippen LogP contribution is 2.34. The molecule has 0 bridgehead atoms. The molecule has 0 heterocycles. The number of halogens is 3. The lowest BCUT2D eigenvalue weighted by Crippen LogP contribution is -2.25. The van der Waals surface area contributed by atoms with Gasteiger partial charge >= 0.3 is 6.18 Å². The summed E-state index contributed by atoms with van der Waals surface area (Å²) in [5, 5.41) is 0. The van der Waals surface area contributed by atoms with E-state index in [9.17, 15) is 18.0 Å². The number of carbonyl (C=O) groups is 1. The van der Waals surface area contributed by atoms with Gasteiger partial charge in [0, 0.05) is 22.8 Å². The zero-order valence-corrected chi connectivity index (χ0v) is 12.4. The number of rotatable bonds is 7. The molecule has 0 fully saturated rings. The fourth-order valence-electron chi connectivity index (χ4n) is 1.81. The number of thioether (sulfide) groups is 1. The summed E-state index contributed by atoms with van der Waals surface area (Å²) < 4.78 is 38.4. The average molecular weight is 305 g/mol. The number of hydrogen-bond donors (Lipinski definition) is 0. The highest BCUT2D eigenvalue weighted by molar-refractivity contribution is 7.99. The number of nitrogens with zero attached hydrogens (tertiary/aromatic N) is 1. The number of benzene rings is 1. The molecule has 0 spiro atoms. The highest BCUT2D eigenvalue weighted by Gasteiger charge is 2.33. The molecule has 0 unspecified atom stereocenters. The smallest absolute Gasteiger partial charge is 0.303 e. The summed E-state index contributed by atoms with van der Waals surface area (Å²) in [6.07, 6.45) is -4.25. The quantitative estimate of drug-likeness (QED) is 0.562. The van der Waals surface area contributed by atoms with Gasteiger partial charge in [0.15, 0.2) is 6.29 Å². The van der Waals surface area contributed by atoms with Gasteiger partial charge in [0.2, 0.25) is 0 Å². The third-order valence-corrected chi connectivity index (χ3v) is 4.00. The lowest BCUT2D eigenvalue weighted by Gasteiger charge is -2.17. The van der Waals surface area contributed by atoms with Crippen LogP contribution in [0.2, 0.25) is 0 Å². The minimum Gasteiger partial charge on any atom is -0.303 e. The van der Waals surface area contributed by atoms with Gasteiger partial charge in [-0.1, -0.05) is 13.8 Å². The third kappa shape index (κ3) is 4.83. The maximum atomic E-state index is 12.8. The van der Waals surface area contributed by atoms with Crippen LogP contribution in [0.3, 0.4) is 0 Å². The fourth-order valence-corrected chi connectivity index (χ4v) is 2.76. The van der Waals surface area contributed by atoms with Crippen LogP contribution in [-0.4, -0.2) is 36.6 Å². The van der Waals surface area contributed by atoms with E-state index in [1.54, 1.807) is 6.07 Å². The monoisotopic (exact) mass is 305 g/mol. The molecule has 1 aromatic rings. The van der Waals surface area contributed by atoms with Crippen LogP contribution < -0.4 is 0 Å². The molecular weight excluding hydrogens is 287 g/mol. The third-order valence-electron chi connectivity index (χ3n) is 3.03. The predicted molar refractivity (Wildman–Crippen MR) is 75.3 cm³/mol. The summed E-state index contributed by atoms with van der Waals surface area (Å²) in [4.78, 5) is 13.4. The number of hydrogen-bond acceptors (Lipinski definition) is 3. The second kappa shape index (κ2) is 7.69. The van der Waals surface area contributed by atoms with Crippen molar-refractivity contribution < 1.29 is 18.0 Å². The molecule has 0 N–H and O–H groups in total. The maximum absolute atomic E-state index is 12.8. The van der Waals surface area contributed by atoms with Gasteiger partial charge in [-0.3, -0.25) is 4.79 Å². The van der Waals surface area contributed by atoms with Crippen LogP contribution in [0.4, 0.5) is 13.2 Å². The molecular formula is C14H18F3NOS. The second-order valence-electron chi connectivity index (χ2n) is 4.24. The minimum atomic E-state index is -4.49. The first-order valence-corrected chi connectivity index (χ1v) is 7.42. The predicted octanol–water partition coefficient (Wildman–Crippen LogP) is 3.95. The molecule has 0 aliphatic rings. The fraction of sp³-hybridized carbons (Fsp3) is 0.500. The molecule has 0 aromatic heterocycles. The van der Waals surface area contributed by atoms with Gasteiger partial charge in [0.1, 0.15) is 0 Å². The minimum absolute atomic E-state index is 0.243. The molecule has 6 heteroatoms. The standard InChI is InChI=1S/C14H18F3NOS/c1-3-18(4-2)7-8-20-12-6-5-11(10-19)13(9-12)14(15,16)17/h5-6,9-10H,3-4,7-8H2,1-2H3. The van der Waals surface area contributed by atoms with Gasteiger partial charge in [0.25, 0.3) is 0 Å². The average Bonchev–Trinajstić information content (AvgIpc) is 2.42. The molecule has 20 heavy (non-hydrogen) atoms. The summed E-state index contributed by atoms with van der Waals surface area (Å²) in [6, 6.07) is 3.85. The summed E-state index contributed by atoms with van der Waals surface area (Å²) in [6.45, 7) is 6.78. The zero-order valence-electron chi connectivity index (χ0n) is 11.5. The largest absolute Gasteiger partial charge is 0.417 e. The van der Waals surface area contributed by atoms with Crippen molar-refractivity contribution in [2.75, 3.05) is 25.4 Å². The van der Waals surface area contributed by atoms with Crippen LogP contribution in [0.5, 0.6) is 0 Å². The zero-order chi connectivity index (χ0) is 15.2. The SMILES string of the molecule is CCN(CC)CCSc1ccc(C=O)c(C(F)(F)F)c1. The van der Waals surface area contributed by atoms with Crippen LogP contribution in [0.15, 0.2) is 23.1 Å². The first-order chi connectivity index (χ1) is 9.42. The van der Waals surface area contributed by atoms with Gasteiger partial charge in [-0.2, -0.15) is 13.2 Å². The lowest BCUT2D eigenvalue weighted by molar-refractivity contribution is -0.138. The maximum Gasteiger partial charge on any atom is 0.417 e. The molecule has 1 aromatic carbocycles. The van der Waals surface area contributed by atoms with Gasteiger partial charge in [-0.25, -0.2) is 0 Å². The van der Waals surface area contributed by atoms with E-state index in [1.807, 2.05) is 0 Å². The number of carbonyl (C=O) groups excluding carboxylic acids is 1. The first-order valence-electron chi connectivity index (χ1n) is 6.44. The van der Waals surface area contributed by atoms with Gasteiger partial charge in [-0.05, 0) is 31.3 Å². The van der Waals surface area contributed by atoms with Crippen molar-refractivity contribution in [3.63, 3.8) is 0 Å². The van der Waals surface area contributed by atoms with E-state index in [0.717, 1.165) is 31.5 Å². The molecule has 0 amide bonds. The molecule has 0 saturated carbocycles. The van der Waals surface area contributed by atoms with E-state index in [1.165, 1.54) is 17.8 Å². The lowest BCUT2D eigenvalue weighted by atomic mass is 10.1. The summed E-state index contributed by atoms with van der Waals surface area (Å²) in [5.74, 6) is 0.722. The van der Waals surface area contributed by atoms with Crippen LogP contribution in [-0.2, 0) is 6.18 Å². The topological polar surface area (TPSA) is 20.3 Å². The van der Waals surface area contributed by atoms with Crippen LogP contribution in [0, 0.1) is 0 Å². The van der Waals surface area contributed by atoms with Crippen molar-refractivity contribution >= 4 is 18.0 Å². The number of aldehydes is 1. The molecule has 0 aliphatic heterocycles. The van der Waals surface area contributed by atoms with Crippen molar-refractivity contribution in [1.29, 1.82) is 0 Å². The van der Waals surface area contributed by atoms with Gasteiger partial charge < -0.3 is 4.90 Å². The molecule has 112 valence electrons. The van der Waals surface area contributed by atoms with E-state index in [4.69, 9.17) is 0 Å². The number of alkyl halides is 3. The van der Waals surface area contributed by atoms with Gasteiger partial charge in [0.05, 0.1) is 5.56 Å². The Kier molecular flexibility index (Phi) is 6.55. The van der Waals surface area contributed by atoms with Crippen molar-refractivity contribution in [3.8, 4) is 0 Å². The summed E-state index contributed by atoms with van der Waals surface area (Å²) >= 11 is 1.37. The second-order valence-corrected chi connectivity index (χ2v) is 5.41. The van der Waals surface area contributed by atoms with Gasteiger partial charge in [-0.15, -0.1) is 11.8 Å². The van der Waals surface area contributed by atoms with E-state index >= 15 is 0 Å². The molecule has 2 nitrogen and oxygen atoms in total. The van der Waals surface area contributed by atoms with Crippen LogP contribution in [0.25, 0.3) is 0 Å². The highest BCUT2D eigenvalue weighted by atomic mass is 32.2. The summed E-state index contributed by atoms with van der Waals surface area (Å²) in [7, 11) is 0. The Hall–Kier alpha value is -1.01. The normalized spacial score (nSPS) is 11.9. The van der Waals surface area contributed by atoms with Crippen molar-refractivity contribution in [1.82, 2.24) is 4.90 Å². The van der Waals surface area contributed by atoms with Crippen molar-refractivity contribution in [2.45, 2.75) is 24.9 Å². The molecule has 0 aliphatic carbocycles. The summed E-state index contributed by atoms with van der Waals surface area (Å²) in [5.41, 5.74) is -1.18. The van der Waals surface area contributed by atoms with E-state index in [0.29, 0.717) is 4.90 Å².